The Morgan fingerprint density at radius 2 is 1.06 bits per heavy atom. The Bertz CT molecular complexity index is 1950. The summed E-state index contributed by atoms with van der Waals surface area (Å²) in [4.78, 5) is 0.133. The van der Waals surface area contributed by atoms with Gasteiger partial charge in [-0.15, -0.1) is 0 Å². The molecule has 0 atom stereocenters. The van der Waals surface area contributed by atoms with E-state index in [0.717, 1.165) is 44.1 Å². The van der Waals surface area contributed by atoms with Crippen molar-refractivity contribution in [1.82, 2.24) is 0 Å². The molecule has 6 rings (SSSR count). The zero-order valence-electron chi connectivity index (χ0n) is 26.2. The quantitative estimate of drug-likeness (QED) is 0.205. The summed E-state index contributed by atoms with van der Waals surface area (Å²) in [6, 6.07) is 27.2. The smallest absolute Gasteiger partial charge is 0.210 e. The van der Waals surface area contributed by atoms with Gasteiger partial charge in [-0.25, -0.2) is 8.42 Å². The van der Waals surface area contributed by atoms with Crippen molar-refractivity contribution >= 4 is 9.84 Å². The molecule has 2 fully saturated rings. The van der Waals surface area contributed by atoms with Crippen LogP contribution in [0.25, 0.3) is 0 Å². The molecule has 0 amide bonds. The highest BCUT2D eigenvalue weighted by Gasteiger charge is 2.27. The highest BCUT2D eigenvalue weighted by molar-refractivity contribution is 7.91. The summed E-state index contributed by atoms with van der Waals surface area (Å²) in [5.41, 5.74) is -0.488. The van der Waals surface area contributed by atoms with Crippen LogP contribution in [0.5, 0.6) is 23.0 Å². The van der Waals surface area contributed by atoms with Crippen molar-refractivity contribution in [1.29, 1.82) is 0 Å². The largest absolute Gasteiger partial charge is 0.457 e. The van der Waals surface area contributed by atoms with E-state index in [2.05, 4.69) is 23.7 Å². The Kier molecular flexibility index (Phi) is 9.71. The summed E-state index contributed by atoms with van der Waals surface area (Å²) >= 11 is 0. The minimum atomic E-state index is -3.94. The molecular weight excluding hydrogens is 609 g/mol. The Labute approximate surface area is 277 Å². The molecule has 7 heteroatoms. The summed E-state index contributed by atoms with van der Waals surface area (Å²) in [7, 11) is -3.94. The first-order valence-electron chi connectivity index (χ1n) is 16.2. The Morgan fingerprint density at radius 3 is 1.62 bits per heavy atom. The van der Waals surface area contributed by atoms with Crippen LogP contribution in [0.3, 0.4) is 0 Å². The van der Waals surface area contributed by atoms with Gasteiger partial charge in [0.15, 0.2) is 0 Å². The second-order valence-electron chi connectivity index (χ2n) is 12.4. The number of rotatable bonds is 6. The minimum Gasteiger partial charge on any atom is -0.457 e. The van der Waals surface area contributed by atoms with Gasteiger partial charge in [0.1, 0.15) is 39.1 Å². The topological polar surface area (TPSA) is 93.1 Å². The van der Waals surface area contributed by atoms with E-state index in [4.69, 9.17) is 9.47 Å². The van der Waals surface area contributed by atoms with E-state index in [9.17, 15) is 18.6 Å². The summed E-state index contributed by atoms with van der Waals surface area (Å²) in [6.07, 6.45) is 8.86. The van der Waals surface area contributed by atoms with Crippen molar-refractivity contribution in [2.24, 2.45) is 0 Å². The summed E-state index contributed by atoms with van der Waals surface area (Å²) in [5.74, 6) is 13.9. The van der Waals surface area contributed by atoms with Gasteiger partial charge < -0.3 is 19.7 Å². The van der Waals surface area contributed by atoms with Gasteiger partial charge in [-0.2, -0.15) is 0 Å². The first kappa shape index (κ1) is 32.4. The van der Waals surface area contributed by atoms with E-state index in [0.29, 0.717) is 48.5 Å². The first-order chi connectivity index (χ1) is 22.7. The van der Waals surface area contributed by atoms with Crippen LogP contribution in [0.2, 0.25) is 0 Å². The molecule has 4 aromatic carbocycles. The second-order valence-corrected chi connectivity index (χ2v) is 14.3. The number of ether oxygens (including phenoxy) is 2. The van der Waals surface area contributed by atoms with Crippen molar-refractivity contribution in [3.05, 3.63) is 108 Å². The maximum absolute atomic E-state index is 13.8. The molecule has 2 aliphatic rings. The van der Waals surface area contributed by atoms with Crippen LogP contribution >= 0.6 is 0 Å². The summed E-state index contributed by atoms with van der Waals surface area (Å²) in [5, 5.41) is 21.5. The molecule has 0 saturated heterocycles. The van der Waals surface area contributed by atoms with Gasteiger partial charge in [-0.3, -0.25) is 0 Å². The molecule has 0 unspecified atom stereocenters. The molecule has 0 spiro atoms. The third-order valence-electron chi connectivity index (χ3n) is 8.64. The molecule has 0 radical (unpaired) electrons. The minimum absolute atomic E-state index is 0.0348. The van der Waals surface area contributed by atoms with Gasteiger partial charge in [-0.1, -0.05) is 60.8 Å². The van der Waals surface area contributed by atoms with E-state index < -0.39 is 21.0 Å². The molecule has 2 saturated carbocycles. The predicted molar refractivity (Wildman–Crippen MR) is 181 cm³/mol. The van der Waals surface area contributed by atoms with Crippen LogP contribution in [0.4, 0.5) is 0 Å². The van der Waals surface area contributed by atoms with Crippen molar-refractivity contribution in [3.63, 3.8) is 0 Å². The monoisotopic (exact) mass is 646 g/mol. The van der Waals surface area contributed by atoms with Crippen LogP contribution in [-0.2, 0) is 9.84 Å². The molecule has 47 heavy (non-hydrogen) atoms. The van der Waals surface area contributed by atoms with E-state index in [1.807, 2.05) is 18.2 Å². The first-order valence-corrected chi connectivity index (χ1v) is 17.7. The lowest BCUT2D eigenvalue weighted by molar-refractivity contribution is 0.0606. The average molecular weight is 647 g/mol. The van der Waals surface area contributed by atoms with Crippen LogP contribution in [0.15, 0.2) is 107 Å². The number of para-hydroxylation sites is 1. The van der Waals surface area contributed by atoms with Crippen molar-refractivity contribution in [3.8, 4) is 46.7 Å². The predicted octanol–water partition coefficient (Wildman–Crippen LogP) is 8.20. The molecule has 0 bridgehead atoms. The number of sulfone groups is 1. The lowest BCUT2D eigenvalue weighted by Gasteiger charge is -2.26. The Morgan fingerprint density at radius 1 is 0.553 bits per heavy atom. The Balaban J connectivity index is 1.16. The summed E-state index contributed by atoms with van der Waals surface area (Å²) < 4.78 is 39.6. The van der Waals surface area contributed by atoms with Crippen LogP contribution in [0.1, 0.15) is 75.3 Å². The molecule has 0 heterocycles. The summed E-state index contributed by atoms with van der Waals surface area (Å²) in [6.45, 7) is 0. The van der Waals surface area contributed by atoms with Gasteiger partial charge >= 0.3 is 0 Å². The van der Waals surface area contributed by atoms with Gasteiger partial charge in [0.25, 0.3) is 0 Å². The molecule has 4 aromatic rings. The lowest BCUT2D eigenvalue weighted by Crippen LogP contribution is -2.29. The van der Waals surface area contributed by atoms with Gasteiger partial charge in [0.05, 0.1) is 4.90 Å². The second kappa shape index (κ2) is 14.1. The van der Waals surface area contributed by atoms with Crippen LogP contribution < -0.4 is 9.47 Å². The number of aliphatic hydroxyl groups is 2. The average Bonchev–Trinajstić information content (AvgIpc) is 3.08. The van der Waals surface area contributed by atoms with E-state index in [-0.39, 0.29) is 15.5 Å². The lowest BCUT2D eigenvalue weighted by atomic mass is 9.85. The zero-order valence-corrected chi connectivity index (χ0v) is 27.1. The number of benzene rings is 4. The third-order valence-corrected chi connectivity index (χ3v) is 10.5. The van der Waals surface area contributed by atoms with E-state index >= 15 is 0 Å². The number of hydrogen-bond acceptors (Lipinski definition) is 6. The maximum Gasteiger partial charge on any atom is 0.210 e. The normalized spacial score (nSPS) is 16.9. The molecule has 0 aromatic heterocycles. The fourth-order valence-corrected chi connectivity index (χ4v) is 7.39. The van der Waals surface area contributed by atoms with Crippen molar-refractivity contribution in [2.75, 3.05) is 0 Å². The molecule has 6 nitrogen and oxygen atoms in total. The fourth-order valence-electron chi connectivity index (χ4n) is 6.01. The fraction of sp³-hybridized carbons (Fsp3) is 0.300. The molecule has 0 aliphatic heterocycles. The standard InChI is InChI=1S/C40H38O6S/c41-39(23-5-1-6-24-39)27-21-31-11-9-13-34(29-31)45-33-17-19-36(20-18-33)47(43,44)38-16-4-3-15-37(38)46-35-14-10-12-32(30-35)22-28-40(42)25-7-2-8-26-40/h3-4,9-20,29-30,41-42H,1-2,5-8,23-26H2. The maximum atomic E-state index is 13.8. The highest BCUT2D eigenvalue weighted by atomic mass is 32.2. The van der Waals surface area contributed by atoms with E-state index in [1.165, 1.54) is 18.2 Å². The number of hydrogen-bond donors (Lipinski definition) is 2. The van der Waals surface area contributed by atoms with Crippen LogP contribution in [-0.4, -0.2) is 29.8 Å². The Hall–Kier alpha value is -4.53. The SMILES string of the molecule is O=S(=O)(c1ccc(Oc2cccc(C#CC3(O)CCCCC3)c2)cc1)c1ccccc1Oc1cccc(C#CC2(O)CCCCC2)c1. The van der Waals surface area contributed by atoms with E-state index in [1.54, 1.807) is 60.7 Å². The highest BCUT2D eigenvalue weighted by Crippen LogP contribution is 2.34. The molecule has 2 N–H and O–H groups in total. The van der Waals surface area contributed by atoms with Gasteiger partial charge in [0.2, 0.25) is 9.84 Å². The molecular formula is C40H38O6S. The van der Waals surface area contributed by atoms with Crippen molar-refractivity contribution < 1.29 is 28.1 Å². The van der Waals surface area contributed by atoms with Crippen LogP contribution in [0, 0.1) is 23.7 Å². The van der Waals surface area contributed by atoms with Gasteiger partial charge in [-0.05, 0) is 124 Å². The third kappa shape index (κ3) is 8.25. The van der Waals surface area contributed by atoms with Gasteiger partial charge in [0, 0.05) is 11.1 Å². The zero-order chi connectivity index (χ0) is 32.7. The van der Waals surface area contributed by atoms with Crippen molar-refractivity contribution in [2.45, 2.75) is 85.2 Å². The molecule has 240 valence electrons. The molecule has 2 aliphatic carbocycles.